The summed E-state index contributed by atoms with van der Waals surface area (Å²) in [5, 5.41) is 12.1. The number of carbonyl (C=O) groups is 3. The average molecular weight is 593 g/mol. The number of carboxylic acid groups (broad SMARTS) is 1. The molecule has 1 aromatic carbocycles. The number of likely N-dealkylation sites (tertiary alicyclic amines) is 1. The summed E-state index contributed by atoms with van der Waals surface area (Å²) >= 11 is 0. The number of ether oxygens (including phenoxy) is 1. The standard InChI is InChI=1S/C32H44N6O5/c1-2-24-4-3-5-26(18-24)27-19-28(34-29(39)22-37-14-16-43-17-15-37)31(33-20-27)32(42)38-12-10-36(11-13-38)21-25-6-8-35(9-7-25)23-30(40)41/h3-5,18-20,25H,2,6-17,21-23H2,1H3,(H,34,39)(H,40,41). The first-order valence-electron chi connectivity index (χ1n) is 15.5. The quantitative estimate of drug-likeness (QED) is 0.428. The summed E-state index contributed by atoms with van der Waals surface area (Å²) in [5.74, 6) is -0.566. The van der Waals surface area contributed by atoms with Gasteiger partial charge in [-0.1, -0.05) is 31.2 Å². The maximum atomic E-state index is 13.8. The molecule has 3 aliphatic rings. The number of piperazine rings is 1. The number of pyridine rings is 1. The number of amides is 2. The van der Waals surface area contributed by atoms with Crippen LogP contribution in [0.25, 0.3) is 11.1 Å². The van der Waals surface area contributed by atoms with Gasteiger partial charge in [0.25, 0.3) is 5.91 Å². The number of morpholine rings is 1. The van der Waals surface area contributed by atoms with Crippen molar-refractivity contribution in [3.05, 3.63) is 47.8 Å². The zero-order valence-corrected chi connectivity index (χ0v) is 25.2. The van der Waals surface area contributed by atoms with Gasteiger partial charge < -0.3 is 20.1 Å². The van der Waals surface area contributed by atoms with Crippen LogP contribution < -0.4 is 5.32 Å². The van der Waals surface area contributed by atoms with E-state index < -0.39 is 5.97 Å². The molecule has 0 atom stereocenters. The molecule has 3 fully saturated rings. The van der Waals surface area contributed by atoms with Crippen LogP contribution in [0.1, 0.15) is 35.8 Å². The molecule has 0 spiro atoms. The third-order valence-electron chi connectivity index (χ3n) is 8.75. The van der Waals surface area contributed by atoms with Crippen LogP contribution >= 0.6 is 0 Å². The van der Waals surface area contributed by atoms with Crippen LogP contribution in [0.4, 0.5) is 5.69 Å². The summed E-state index contributed by atoms with van der Waals surface area (Å²) in [4.78, 5) is 50.8. The molecular formula is C32H44N6O5. The summed E-state index contributed by atoms with van der Waals surface area (Å²) in [5.41, 5.74) is 3.77. The second kappa shape index (κ2) is 14.9. The van der Waals surface area contributed by atoms with Gasteiger partial charge in [0, 0.05) is 57.6 Å². The van der Waals surface area contributed by atoms with Gasteiger partial charge in [-0.3, -0.25) is 29.1 Å². The van der Waals surface area contributed by atoms with Crippen LogP contribution in [0.15, 0.2) is 36.5 Å². The van der Waals surface area contributed by atoms with Crippen LogP contribution in [0.3, 0.4) is 0 Å². The van der Waals surface area contributed by atoms with Gasteiger partial charge in [0.1, 0.15) is 0 Å². The lowest BCUT2D eigenvalue weighted by Crippen LogP contribution is -2.51. The summed E-state index contributed by atoms with van der Waals surface area (Å²) in [7, 11) is 0. The molecule has 3 saturated heterocycles. The third-order valence-corrected chi connectivity index (χ3v) is 8.75. The highest BCUT2D eigenvalue weighted by Crippen LogP contribution is 2.27. The number of aliphatic carboxylic acids is 1. The normalized spacial score (nSPS) is 19.3. The number of anilines is 1. The molecule has 11 heteroatoms. The van der Waals surface area contributed by atoms with Crippen molar-refractivity contribution in [2.24, 2.45) is 5.92 Å². The van der Waals surface area contributed by atoms with Gasteiger partial charge in [0.2, 0.25) is 5.91 Å². The van der Waals surface area contributed by atoms with Crippen LogP contribution in [-0.2, 0) is 20.7 Å². The fourth-order valence-corrected chi connectivity index (χ4v) is 6.18. The lowest BCUT2D eigenvalue weighted by atomic mass is 9.96. The fraction of sp³-hybridized carbons (Fsp3) is 0.562. The maximum absolute atomic E-state index is 13.8. The number of aromatic nitrogens is 1. The van der Waals surface area contributed by atoms with Crippen molar-refractivity contribution >= 4 is 23.5 Å². The molecule has 2 amide bonds. The fourth-order valence-electron chi connectivity index (χ4n) is 6.18. The second-order valence-corrected chi connectivity index (χ2v) is 11.8. The predicted octanol–water partition coefficient (Wildman–Crippen LogP) is 2.14. The largest absolute Gasteiger partial charge is 0.480 e. The number of rotatable bonds is 10. The molecule has 2 aromatic rings. The van der Waals surface area contributed by atoms with Crippen molar-refractivity contribution in [1.29, 1.82) is 0 Å². The van der Waals surface area contributed by atoms with Gasteiger partial charge in [-0.15, -0.1) is 0 Å². The van der Waals surface area contributed by atoms with Crippen molar-refractivity contribution in [2.75, 3.05) is 90.5 Å². The minimum absolute atomic E-state index is 0.114. The van der Waals surface area contributed by atoms with E-state index in [1.54, 1.807) is 6.20 Å². The Morgan fingerprint density at radius 1 is 0.907 bits per heavy atom. The number of benzene rings is 1. The van der Waals surface area contributed by atoms with E-state index in [4.69, 9.17) is 9.84 Å². The molecular weight excluding hydrogens is 548 g/mol. The van der Waals surface area contributed by atoms with Crippen LogP contribution in [-0.4, -0.2) is 133 Å². The van der Waals surface area contributed by atoms with Crippen LogP contribution in [0.5, 0.6) is 0 Å². The van der Waals surface area contributed by atoms with E-state index in [9.17, 15) is 14.4 Å². The van der Waals surface area contributed by atoms with Gasteiger partial charge >= 0.3 is 5.97 Å². The summed E-state index contributed by atoms with van der Waals surface area (Å²) < 4.78 is 5.41. The Morgan fingerprint density at radius 3 is 2.33 bits per heavy atom. The molecule has 4 heterocycles. The zero-order valence-electron chi connectivity index (χ0n) is 25.2. The number of nitrogens with zero attached hydrogens (tertiary/aromatic N) is 5. The Labute approximate surface area is 253 Å². The highest BCUT2D eigenvalue weighted by molar-refractivity contribution is 6.03. The van der Waals surface area contributed by atoms with Gasteiger partial charge in [0.05, 0.1) is 32.0 Å². The smallest absolute Gasteiger partial charge is 0.317 e. The molecule has 2 N–H and O–H groups in total. The first-order chi connectivity index (χ1) is 20.9. The number of nitrogens with one attached hydrogen (secondary N) is 1. The van der Waals surface area contributed by atoms with E-state index in [2.05, 4.69) is 39.2 Å². The highest BCUT2D eigenvalue weighted by Gasteiger charge is 2.28. The van der Waals surface area contributed by atoms with Gasteiger partial charge in [-0.2, -0.15) is 0 Å². The lowest BCUT2D eigenvalue weighted by molar-refractivity contribution is -0.138. The van der Waals surface area contributed by atoms with Crippen molar-refractivity contribution in [1.82, 2.24) is 24.6 Å². The molecule has 43 heavy (non-hydrogen) atoms. The minimum atomic E-state index is -0.770. The van der Waals surface area contributed by atoms with E-state index in [-0.39, 0.29) is 30.6 Å². The zero-order chi connectivity index (χ0) is 30.2. The monoisotopic (exact) mass is 592 g/mol. The maximum Gasteiger partial charge on any atom is 0.317 e. The molecule has 3 aliphatic heterocycles. The number of hydrogen-bond acceptors (Lipinski definition) is 8. The number of carbonyl (C=O) groups excluding carboxylic acids is 2. The Hall–Kier alpha value is -3.38. The highest BCUT2D eigenvalue weighted by atomic mass is 16.5. The van der Waals surface area contributed by atoms with E-state index in [0.717, 1.165) is 63.1 Å². The Balaban J connectivity index is 1.23. The van der Waals surface area contributed by atoms with E-state index in [1.807, 2.05) is 28.0 Å². The van der Waals surface area contributed by atoms with Crippen LogP contribution in [0.2, 0.25) is 0 Å². The molecule has 0 radical (unpaired) electrons. The van der Waals surface area contributed by atoms with E-state index in [0.29, 0.717) is 51.0 Å². The average Bonchev–Trinajstić information content (AvgIpc) is 3.02. The summed E-state index contributed by atoms with van der Waals surface area (Å²) in [6.07, 6.45) is 4.64. The first-order valence-corrected chi connectivity index (χ1v) is 15.5. The molecule has 5 rings (SSSR count). The van der Waals surface area contributed by atoms with Crippen molar-refractivity contribution in [3.63, 3.8) is 0 Å². The molecule has 232 valence electrons. The Bertz CT molecular complexity index is 1270. The van der Waals surface area contributed by atoms with Crippen molar-refractivity contribution < 1.29 is 24.2 Å². The number of hydrogen-bond donors (Lipinski definition) is 2. The Morgan fingerprint density at radius 2 is 1.63 bits per heavy atom. The number of piperidine rings is 1. The van der Waals surface area contributed by atoms with Gasteiger partial charge in [-0.05, 0) is 55.5 Å². The molecule has 1 aromatic heterocycles. The van der Waals surface area contributed by atoms with Gasteiger partial charge in [-0.25, -0.2) is 4.98 Å². The summed E-state index contributed by atoms with van der Waals surface area (Å²) in [6, 6.07) is 10.1. The topological polar surface area (TPSA) is 119 Å². The SMILES string of the molecule is CCc1cccc(-c2cnc(C(=O)N3CCN(CC4CCN(CC(=O)O)CC4)CC3)c(NC(=O)CN3CCOCC3)c2)c1. The molecule has 0 aliphatic carbocycles. The first kappa shape index (κ1) is 31.1. The molecule has 0 bridgehead atoms. The van der Waals surface area contributed by atoms with Crippen molar-refractivity contribution in [2.45, 2.75) is 26.2 Å². The molecule has 0 unspecified atom stereocenters. The van der Waals surface area contributed by atoms with Crippen LogP contribution in [0, 0.1) is 5.92 Å². The predicted molar refractivity (Wildman–Crippen MR) is 164 cm³/mol. The number of aryl methyl sites for hydroxylation is 1. The molecule has 0 saturated carbocycles. The van der Waals surface area contributed by atoms with Gasteiger partial charge in [0.15, 0.2) is 5.69 Å². The number of carboxylic acids is 1. The van der Waals surface area contributed by atoms with Crippen molar-refractivity contribution in [3.8, 4) is 11.1 Å². The minimum Gasteiger partial charge on any atom is -0.480 e. The summed E-state index contributed by atoms with van der Waals surface area (Å²) in [6.45, 7) is 10.4. The molecule has 11 nitrogen and oxygen atoms in total. The van der Waals surface area contributed by atoms with E-state index in [1.165, 1.54) is 5.56 Å². The third kappa shape index (κ3) is 8.60. The second-order valence-electron chi connectivity index (χ2n) is 11.8. The van der Waals surface area contributed by atoms with E-state index >= 15 is 0 Å². The lowest BCUT2D eigenvalue weighted by Gasteiger charge is -2.38. The Kier molecular flexibility index (Phi) is 10.7.